The van der Waals surface area contributed by atoms with E-state index in [4.69, 9.17) is 0 Å². The first kappa shape index (κ1) is 24.9. The molecule has 2 rings (SSSR count). The molecule has 0 aromatic heterocycles. The van der Waals surface area contributed by atoms with Crippen LogP contribution >= 0.6 is 24.0 Å². The van der Waals surface area contributed by atoms with Crippen molar-refractivity contribution in [1.82, 2.24) is 16.0 Å². The largest absolute Gasteiger partial charge is 0.357 e. The van der Waals surface area contributed by atoms with E-state index in [-0.39, 0.29) is 29.9 Å². The zero-order valence-corrected chi connectivity index (χ0v) is 19.9. The fourth-order valence-electron chi connectivity index (χ4n) is 2.90. The zero-order chi connectivity index (χ0) is 20.2. The second-order valence-corrected chi connectivity index (χ2v) is 6.82. The quantitative estimate of drug-likeness (QED) is 0.271. The third kappa shape index (κ3) is 9.30. The average Bonchev–Trinajstić information content (AvgIpc) is 2.72. The number of hydrogen-bond acceptors (Lipinski definition) is 2. The Morgan fingerprint density at radius 2 is 1.66 bits per heavy atom. The first-order valence-electron chi connectivity index (χ1n) is 10.1. The molecule has 0 aliphatic rings. The molecule has 0 spiro atoms. The van der Waals surface area contributed by atoms with Gasteiger partial charge in [0.05, 0.1) is 6.54 Å². The van der Waals surface area contributed by atoms with Gasteiger partial charge in [-0.3, -0.25) is 4.79 Å². The van der Waals surface area contributed by atoms with Gasteiger partial charge in [-0.2, -0.15) is 0 Å². The highest BCUT2D eigenvalue weighted by Gasteiger charge is 2.07. The van der Waals surface area contributed by atoms with Gasteiger partial charge in [0.25, 0.3) is 5.91 Å². The standard InChI is InChI=1S/C23H32N4O.HI/c1-4-24-22(28)21-13-9-12-20(16-21)17-26-23(25-5-2)27-18(3)14-15-19-10-7-6-8-11-19;/h6-13,16,18H,4-5,14-15,17H2,1-3H3,(H,24,28)(H2,25,26,27);1H. The molecule has 1 unspecified atom stereocenters. The van der Waals surface area contributed by atoms with Gasteiger partial charge in [0, 0.05) is 24.7 Å². The smallest absolute Gasteiger partial charge is 0.251 e. The summed E-state index contributed by atoms with van der Waals surface area (Å²) in [6, 6.07) is 18.4. The van der Waals surface area contributed by atoms with Crippen molar-refractivity contribution >= 4 is 35.8 Å². The molecule has 0 aliphatic heterocycles. The molecule has 0 saturated carbocycles. The Balaban J connectivity index is 0.00000420. The van der Waals surface area contributed by atoms with Crippen molar-refractivity contribution in [2.45, 2.75) is 46.2 Å². The first-order valence-corrected chi connectivity index (χ1v) is 10.1. The van der Waals surface area contributed by atoms with Crippen LogP contribution in [0.1, 0.15) is 48.7 Å². The predicted octanol–water partition coefficient (Wildman–Crippen LogP) is 4.13. The summed E-state index contributed by atoms with van der Waals surface area (Å²) in [5.41, 5.74) is 3.03. The highest BCUT2D eigenvalue weighted by atomic mass is 127. The summed E-state index contributed by atoms with van der Waals surface area (Å²) in [6.45, 7) is 8.09. The summed E-state index contributed by atoms with van der Waals surface area (Å²) in [6.07, 6.45) is 2.06. The number of aliphatic imine (C=N–C) groups is 1. The van der Waals surface area contributed by atoms with E-state index in [0.29, 0.717) is 24.7 Å². The minimum absolute atomic E-state index is 0. The maximum atomic E-state index is 12.0. The fourth-order valence-corrected chi connectivity index (χ4v) is 2.90. The van der Waals surface area contributed by atoms with Gasteiger partial charge in [0.15, 0.2) is 5.96 Å². The highest BCUT2D eigenvalue weighted by Crippen LogP contribution is 2.08. The lowest BCUT2D eigenvalue weighted by Crippen LogP contribution is -2.42. The van der Waals surface area contributed by atoms with Crippen LogP contribution in [0.15, 0.2) is 59.6 Å². The van der Waals surface area contributed by atoms with E-state index < -0.39 is 0 Å². The summed E-state index contributed by atoms with van der Waals surface area (Å²) in [5.74, 6) is 0.749. The van der Waals surface area contributed by atoms with E-state index in [1.54, 1.807) is 0 Å². The number of carbonyl (C=O) groups is 1. The Labute approximate surface area is 191 Å². The molecule has 2 aromatic rings. The number of hydrogen-bond donors (Lipinski definition) is 3. The maximum Gasteiger partial charge on any atom is 0.251 e. The SMILES string of the molecule is CCNC(=O)c1cccc(CN=C(NCC)NC(C)CCc2ccccc2)c1.I. The van der Waals surface area contributed by atoms with Crippen LogP contribution in [0.4, 0.5) is 0 Å². The number of rotatable bonds is 9. The molecule has 6 heteroatoms. The predicted molar refractivity (Wildman–Crippen MR) is 132 cm³/mol. The molecule has 3 N–H and O–H groups in total. The maximum absolute atomic E-state index is 12.0. The number of nitrogens with one attached hydrogen (secondary N) is 3. The van der Waals surface area contributed by atoms with E-state index in [0.717, 1.165) is 30.9 Å². The Kier molecular flexibility index (Phi) is 12.0. The number of benzene rings is 2. The van der Waals surface area contributed by atoms with E-state index in [1.807, 2.05) is 37.3 Å². The molecule has 1 atom stereocenters. The minimum atomic E-state index is -0.0482. The topological polar surface area (TPSA) is 65.5 Å². The van der Waals surface area contributed by atoms with Gasteiger partial charge in [0.1, 0.15) is 0 Å². The molecule has 0 aliphatic carbocycles. The van der Waals surface area contributed by atoms with E-state index >= 15 is 0 Å². The molecule has 0 heterocycles. The van der Waals surface area contributed by atoms with Crippen LogP contribution in [0.2, 0.25) is 0 Å². The van der Waals surface area contributed by atoms with E-state index in [9.17, 15) is 4.79 Å². The first-order chi connectivity index (χ1) is 13.6. The molecule has 1 amide bonds. The van der Waals surface area contributed by atoms with Crippen molar-refractivity contribution in [2.75, 3.05) is 13.1 Å². The highest BCUT2D eigenvalue weighted by molar-refractivity contribution is 14.0. The monoisotopic (exact) mass is 508 g/mol. The van der Waals surface area contributed by atoms with Crippen molar-refractivity contribution in [2.24, 2.45) is 4.99 Å². The lowest BCUT2D eigenvalue weighted by molar-refractivity contribution is 0.0955. The second-order valence-electron chi connectivity index (χ2n) is 6.82. The Morgan fingerprint density at radius 3 is 2.34 bits per heavy atom. The fraction of sp³-hybridized carbons (Fsp3) is 0.391. The molecule has 0 fully saturated rings. The van der Waals surface area contributed by atoms with Crippen LogP contribution < -0.4 is 16.0 Å². The van der Waals surface area contributed by atoms with E-state index in [2.05, 4.69) is 59.1 Å². The van der Waals surface area contributed by atoms with Crippen molar-refractivity contribution in [3.05, 3.63) is 71.3 Å². The third-order valence-electron chi connectivity index (χ3n) is 4.38. The number of carbonyl (C=O) groups excluding carboxylic acids is 1. The van der Waals surface area contributed by atoms with Gasteiger partial charge in [-0.05, 0) is 56.9 Å². The summed E-state index contributed by atoms with van der Waals surface area (Å²) >= 11 is 0. The van der Waals surface area contributed by atoms with E-state index in [1.165, 1.54) is 5.56 Å². The summed E-state index contributed by atoms with van der Waals surface area (Å²) in [4.78, 5) is 16.7. The molecular formula is C23H33IN4O. The van der Waals surface area contributed by atoms with Gasteiger partial charge in [-0.1, -0.05) is 42.5 Å². The summed E-state index contributed by atoms with van der Waals surface area (Å²) < 4.78 is 0. The van der Waals surface area contributed by atoms with Crippen LogP contribution in [-0.4, -0.2) is 31.0 Å². The Bertz CT molecular complexity index is 764. The van der Waals surface area contributed by atoms with Gasteiger partial charge in [-0.15, -0.1) is 24.0 Å². The van der Waals surface area contributed by atoms with Gasteiger partial charge < -0.3 is 16.0 Å². The minimum Gasteiger partial charge on any atom is -0.357 e. The number of halogens is 1. The molecular weight excluding hydrogens is 475 g/mol. The molecule has 0 bridgehead atoms. The Hall–Kier alpha value is -2.09. The van der Waals surface area contributed by atoms with Gasteiger partial charge in [-0.25, -0.2) is 4.99 Å². The molecule has 0 saturated heterocycles. The van der Waals surface area contributed by atoms with Crippen molar-refractivity contribution in [3.63, 3.8) is 0 Å². The van der Waals surface area contributed by atoms with Crippen LogP contribution in [0, 0.1) is 0 Å². The van der Waals surface area contributed by atoms with Crippen molar-refractivity contribution in [1.29, 1.82) is 0 Å². The second kappa shape index (κ2) is 14.0. The van der Waals surface area contributed by atoms with Crippen LogP contribution in [0.25, 0.3) is 0 Å². The van der Waals surface area contributed by atoms with Crippen LogP contribution in [-0.2, 0) is 13.0 Å². The number of amides is 1. The van der Waals surface area contributed by atoms with Crippen molar-refractivity contribution < 1.29 is 4.79 Å². The normalized spacial score (nSPS) is 11.9. The molecule has 158 valence electrons. The number of nitrogens with zero attached hydrogens (tertiary/aromatic N) is 1. The molecule has 5 nitrogen and oxygen atoms in total. The van der Waals surface area contributed by atoms with Crippen LogP contribution in [0.5, 0.6) is 0 Å². The average molecular weight is 508 g/mol. The zero-order valence-electron chi connectivity index (χ0n) is 17.6. The number of guanidine groups is 1. The Morgan fingerprint density at radius 1 is 0.966 bits per heavy atom. The molecule has 2 aromatic carbocycles. The molecule has 0 radical (unpaired) electrons. The lowest BCUT2D eigenvalue weighted by atomic mass is 10.1. The number of aryl methyl sites for hydroxylation is 1. The molecule has 29 heavy (non-hydrogen) atoms. The van der Waals surface area contributed by atoms with Crippen molar-refractivity contribution in [3.8, 4) is 0 Å². The summed E-state index contributed by atoms with van der Waals surface area (Å²) in [5, 5.41) is 9.60. The summed E-state index contributed by atoms with van der Waals surface area (Å²) in [7, 11) is 0. The van der Waals surface area contributed by atoms with Gasteiger partial charge >= 0.3 is 0 Å². The lowest BCUT2D eigenvalue weighted by Gasteiger charge is -2.18. The van der Waals surface area contributed by atoms with Gasteiger partial charge in [0.2, 0.25) is 0 Å². The van der Waals surface area contributed by atoms with Crippen LogP contribution in [0.3, 0.4) is 0 Å². The third-order valence-corrected chi connectivity index (χ3v) is 4.38.